The summed E-state index contributed by atoms with van der Waals surface area (Å²) in [6.07, 6.45) is 3.32. The van der Waals surface area contributed by atoms with Crippen LogP contribution in [0.5, 0.6) is 0 Å². The summed E-state index contributed by atoms with van der Waals surface area (Å²) < 4.78 is 1.83. The van der Waals surface area contributed by atoms with Crippen LogP contribution in [-0.2, 0) is 5.54 Å². The lowest BCUT2D eigenvalue weighted by Crippen LogP contribution is -2.23. The van der Waals surface area contributed by atoms with Crippen LogP contribution in [0.15, 0.2) is 12.4 Å². The molecule has 6 nitrogen and oxygen atoms in total. The van der Waals surface area contributed by atoms with Crippen molar-refractivity contribution in [2.45, 2.75) is 26.3 Å². The first-order valence-electron chi connectivity index (χ1n) is 4.70. The van der Waals surface area contributed by atoms with Gasteiger partial charge in [-0.1, -0.05) is 0 Å². The number of rotatable bonds is 1. The lowest BCUT2D eigenvalue weighted by Gasteiger charge is -2.19. The van der Waals surface area contributed by atoms with Gasteiger partial charge < -0.3 is 5.43 Å². The van der Waals surface area contributed by atoms with E-state index < -0.39 is 0 Å². The van der Waals surface area contributed by atoms with Gasteiger partial charge in [-0.25, -0.2) is 4.68 Å². The Morgan fingerprint density at radius 1 is 1.33 bits per heavy atom. The number of nitrogens with one attached hydrogen (secondary N) is 1. The summed E-state index contributed by atoms with van der Waals surface area (Å²) in [5, 5.41) is 13.1. The molecule has 0 aliphatic heterocycles. The highest BCUT2D eigenvalue weighted by Crippen LogP contribution is 2.23. The molecule has 2 aromatic rings. The smallest absolute Gasteiger partial charge is 0.183 e. The van der Waals surface area contributed by atoms with E-state index >= 15 is 0 Å². The zero-order chi connectivity index (χ0) is 11.1. The van der Waals surface area contributed by atoms with E-state index in [0.29, 0.717) is 0 Å². The topological polar surface area (TPSA) is 81.7 Å². The van der Waals surface area contributed by atoms with Gasteiger partial charge >= 0.3 is 0 Å². The maximum absolute atomic E-state index is 5.38. The monoisotopic (exact) mass is 206 g/mol. The molecule has 0 aromatic carbocycles. The Morgan fingerprint density at radius 2 is 2.07 bits per heavy atom. The van der Waals surface area contributed by atoms with Crippen LogP contribution in [-0.4, -0.2) is 20.0 Å². The first-order chi connectivity index (χ1) is 7.04. The number of nitrogens with zero attached hydrogens (tertiary/aromatic N) is 4. The van der Waals surface area contributed by atoms with Crippen LogP contribution in [0.2, 0.25) is 0 Å². The van der Waals surface area contributed by atoms with E-state index in [2.05, 4.69) is 41.5 Å². The highest BCUT2D eigenvalue weighted by molar-refractivity contribution is 5.87. The first-order valence-corrected chi connectivity index (χ1v) is 4.70. The van der Waals surface area contributed by atoms with Gasteiger partial charge in [-0.2, -0.15) is 10.2 Å². The molecule has 0 saturated carbocycles. The normalized spacial score (nSPS) is 12.0. The average Bonchev–Trinajstić information content (AvgIpc) is 2.59. The molecule has 0 atom stereocenters. The molecule has 0 bridgehead atoms. The number of hydrazine groups is 1. The minimum absolute atomic E-state index is 0.121. The fourth-order valence-corrected chi connectivity index (χ4v) is 1.44. The van der Waals surface area contributed by atoms with E-state index in [9.17, 15) is 0 Å². The van der Waals surface area contributed by atoms with Crippen molar-refractivity contribution >= 4 is 16.7 Å². The largest absolute Gasteiger partial charge is 0.322 e. The van der Waals surface area contributed by atoms with Gasteiger partial charge in [0.1, 0.15) is 0 Å². The van der Waals surface area contributed by atoms with E-state index in [4.69, 9.17) is 5.84 Å². The van der Waals surface area contributed by atoms with Crippen LogP contribution < -0.4 is 11.3 Å². The fourth-order valence-electron chi connectivity index (χ4n) is 1.44. The fraction of sp³-hybridized carbons (Fsp3) is 0.444. The van der Waals surface area contributed by atoms with Crippen molar-refractivity contribution in [3.8, 4) is 0 Å². The molecule has 0 aliphatic rings. The van der Waals surface area contributed by atoms with Gasteiger partial charge in [-0.3, -0.25) is 5.84 Å². The molecule has 0 aliphatic carbocycles. The summed E-state index contributed by atoms with van der Waals surface area (Å²) in [6.45, 7) is 6.18. The van der Waals surface area contributed by atoms with Crippen LogP contribution >= 0.6 is 0 Å². The second-order valence-electron chi connectivity index (χ2n) is 4.37. The van der Waals surface area contributed by atoms with Crippen molar-refractivity contribution in [1.82, 2.24) is 20.0 Å². The second kappa shape index (κ2) is 3.16. The van der Waals surface area contributed by atoms with Gasteiger partial charge in [0.25, 0.3) is 0 Å². The molecular weight excluding hydrogens is 192 g/mol. The molecule has 80 valence electrons. The zero-order valence-corrected chi connectivity index (χ0v) is 9.02. The number of aromatic nitrogens is 4. The van der Waals surface area contributed by atoms with Crippen LogP contribution in [0.1, 0.15) is 20.8 Å². The Balaban J connectivity index is 2.72. The number of nitrogen functional groups attached to an aromatic ring is 1. The Bertz CT molecular complexity index is 481. The van der Waals surface area contributed by atoms with E-state index in [0.717, 1.165) is 16.7 Å². The van der Waals surface area contributed by atoms with Gasteiger partial charge in [0, 0.05) is 0 Å². The Morgan fingerprint density at radius 3 is 2.67 bits per heavy atom. The van der Waals surface area contributed by atoms with Crippen molar-refractivity contribution in [1.29, 1.82) is 0 Å². The molecule has 2 aromatic heterocycles. The molecule has 2 rings (SSSR count). The van der Waals surface area contributed by atoms with E-state index in [-0.39, 0.29) is 5.54 Å². The number of nitrogens with two attached hydrogens (primary N) is 1. The van der Waals surface area contributed by atoms with E-state index in [1.807, 2.05) is 4.68 Å². The van der Waals surface area contributed by atoms with Crippen molar-refractivity contribution in [2.24, 2.45) is 5.84 Å². The molecule has 0 radical (unpaired) electrons. The van der Waals surface area contributed by atoms with Gasteiger partial charge in [-0.15, -0.1) is 5.10 Å². The summed E-state index contributed by atoms with van der Waals surface area (Å²) in [5.74, 6) is 5.38. The quantitative estimate of drug-likeness (QED) is 0.534. The Hall–Kier alpha value is -1.69. The SMILES string of the molecule is CC(C)(C)n1ncc2c(NN)cnnc21. The van der Waals surface area contributed by atoms with E-state index in [1.165, 1.54) is 0 Å². The molecule has 0 fully saturated rings. The van der Waals surface area contributed by atoms with Crippen LogP contribution in [0.25, 0.3) is 11.0 Å². The van der Waals surface area contributed by atoms with Crippen LogP contribution in [0.3, 0.4) is 0 Å². The lowest BCUT2D eigenvalue weighted by molar-refractivity contribution is 0.365. The van der Waals surface area contributed by atoms with Crippen molar-refractivity contribution in [3.05, 3.63) is 12.4 Å². The van der Waals surface area contributed by atoms with Gasteiger partial charge in [0.15, 0.2) is 5.65 Å². The molecule has 6 heteroatoms. The number of hydrogen-bond donors (Lipinski definition) is 2. The predicted octanol–water partition coefficient (Wildman–Crippen LogP) is 0.867. The third-order valence-corrected chi connectivity index (χ3v) is 2.16. The molecule has 15 heavy (non-hydrogen) atoms. The number of fused-ring (bicyclic) bond motifs is 1. The third kappa shape index (κ3) is 1.52. The first kappa shape index (κ1) is 9.85. The van der Waals surface area contributed by atoms with Crippen LogP contribution in [0, 0.1) is 0 Å². The maximum Gasteiger partial charge on any atom is 0.183 e. The lowest BCUT2D eigenvalue weighted by atomic mass is 10.1. The van der Waals surface area contributed by atoms with E-state index in [1.54, 1.807) is 12.4 Å². The summed E-state index contributed by atoms with van der Waals surface area (Å²) in [5.41, 5.74) is 3.92. The Labute approximate surface area is 87.4 Å². The second-order valence-corrected chi connectivity index (χ2v) is 4.37. The van der Waals surface area contributed by atoms with Crippen molar-refractivity contribution in [3.63, 3.8) is 0 Å². The predicted molar refractivity (Wildman–Crippen MR) is 58.1 cm³/mol. The summed E-state index contributed by atoms with van der Waals surface area (Å²) in [7, 11) is 0. The summed E-state index contributed by atoms with van der Waals surface area (Å²) in [4.78, 5) is 0. The molecule has 0 spiro atoms. The molecule has 3 N–H and O–H groups in total. The summed E-state index contributed by atoms with van der Waals surface area (Å²) in [6, 6.07) is 0. The summed E-state index contributed by atoms with van der Waals surface area (Å²) >= 11 is 0. The molecular formula is C9H14N6. The Kier molecular flexibility index (Phi) is 2.08. The molecule has 0 unspecified atom stereocenters. The maximum atomic E-state index is 5.38. The molecule has 0 saturated heterocycles. The standard InChI is InChI=1S/C9H14N6/c1-9(2,3)15-8-6(4-12-15)7(13-10)5-11-14-8/h4-5H,10H2,1-3H3,(H,13,14). The number of hydrogen-bond acceptors (Lipinski definition) is 5. The van der Waals surface area contributed by atoms with Gasteiger partial charge in [-0.05, 0) is 20.8 Å². The minimum atomic E-state index is -0.121. The zero-order valence-electron chi connectivity index (χ0n) is 9.02. The highest BCUT2D eigenvalue weighted by atomic mass is 15.4. The molecule has 2 heterocycles. The van der Waals surface area contributed by atoms with Gasteiger partial charge in [0.05, 0.1) is 29.0 Å². The molecule has 0 amide bonds. The third-order valence-electron chi connectivity index (χ3n) is 2.16. The minimum Gasteiger partial charge on any atom is -0.322 e. The van der Waals surface area contributed by atoms with Gasteiger partial charge in [0.2, 0.25) is 0 Å². The average molecular weight is 206 g/mol. The van der Waals surface area contributed by atoms with Crippen molar-refractivity contribution in [2.75, 3.05) is 5.43 Å². The van der Waals surface area contributed by atoms with Crippen LogP contribution in [0.4, 0.5) is 5.69 Å². The highest BCUT2D eigenvalue weighted by Gasteiger charge is 2.19. The number of anilines is 1. The van der Waals surface area contributed by atoms with Crippen molar-refractivity contribution < 1.29 is 0 Å².